The van der Waals surface area contributed by atoms with E-state index in [1.165, 1.54) is 0 Å². The highest BCUT2D eigenvalue weighted by Crippen LogP contribution is 2.32. The average Bonchev–Trinajstić information content (AvgIpc) is 3.02. The van der Waals surface area contributed by atoms with Crippen LogP contribution in [0.15, 0.2) is 30.6 Å². The van der Waals surface area contributed by atoms with E-state index in [0.717, 1.165) is 5.56 Å². The van der Waals surface area contributed by atoms with Crippen molar-refractivity contribution in [3.05, 3.63) is 36.2 Å². The zero-order chi connectivity index (χ0) is 18.2. The molecule has 1 aromatic carbocycles. The minimum absolute atomic E-state index is 0.0255. The molecule has 0 fully saturated rings. The number of methoxy groups -OCH3 is 2. The molecule has 1 N–H and O–H groups in total. The van der Waals surface area contributed by atoms with Gasteiger partial charge in [-0.15, -0.1) is 0 Å². The second-order valence-corrected chi connectivity index (χ2v) is 6.80. The van der Waals surface area contributed by atoms with Crippen molar-refractivity contribution in [3.63, 3.8) is 0 Å². The van der Waals surface area contributed by atoms with Crippen molar-refractivity contribution >= 4 is 16.9 Å². The standard InChI is InChI=1S/C19H21N3O3/c1-19(2,3)17(23)12-9-20-18-16(12)22-13(10-21-18)11-6-7-14(24-4)15(8-11)25-5/h6-10H,1-5H3,(H,20,21). The van der Waals surface area contributed by atoms with E-state index in [4.69, 9.17) is 9.47 Å². The molecule has 0 aliphatic rings. The molecule has 3 rings (SSSR count). The first-order valence-electron chi connectivity index (χ1n) is 7.96. The Morgan fingerprint density at radius 1 is 1.12 bits per heavy atom. The number of nitrogens with one attached hydrogen (secondary N) is 1. The summed E-state index contributed by atoms with van der Waals surface area (Å²) in [6.45, 7) is 5.67. The second-order valence-electron chi connectivity index (χ2n) is 6.80. The summed E-state index contributed by atoms with van der Waals surface area (Å²) < 4.78 is 10.6. The van der Waals surface area contributed by atoms with Crippen LogP contribution in [0.2, 0.25) is 0 Å². The van der Waals surface area contributed by atoms with Gasteiger partial charge >= 0.3 is 0 Å². The Balaban J connectivity index is 2.11. The van der Waals surface area contributed by atoms with Crippen LogP contribution in [0.1, 0.15) is 31.1 Å². The van der Waals surface area contributed by atoms with Crippen LogP contribution in [0.4, 0.5) is 0 Å². The fraction of sp³-hybridized carbons (Fsp3) is 0.316. The maximum absolute atomic E-state index is 12.6. The zero-order valence-corrected chi connectivity index (χ0v) is 15.0. The van der Waals surface area contributed by atoms with Gasteiger partial charge in [-0.1, -0.05) is 20.8 Å². The summed E-state index contributed by atoms with van der Waals surface area (Å²) in [6.07, 6.45) is 3.35. The molecule has 25 heavy (non-hydrogen) atoms. The number of aromatic nitrogens is 3. The van der Waals surface area contributed by atoms with E-state index >= 15 is 0 Å². The Labute approximate surface area is 146 Å². The number of H-pyrrole nitrogens is 1. The van der Waals surface area contributed by atoms with Crippen molar-refractivity contribution in [2.45, 2.75) is 20.8 Å². The molecular formula is C19H21N3O3. The SMILES string of the molecule is COc1ccc(-c2cnc3[nH]cc(C(=O)C(C)(C)C)c3n2)cc1OC. The number of Topliss-reactive ketones (excluding diaryl/α,β-unsaturated/α-hetero) is 1. The molecular weight excluding hydrogens is 318 g/mol. The third kappa shape index (κ3) is 3.07. The summed E-state index contributed by atoms with van der Waals surface area (Å²) in [5, 5.41) is 0. The topological polar surface area (TPSA) is 77.1 Å². The molecule has 0 unspecified atom stereocenters. The second kappa shape index (κ2) is 6.20. The first-order valence-corrected chi connectivity index (χ1v) is 7.96. The van der Waals surface area contributed by atoms with E-state index in [1.54, 1.807) is 26.6 Å². The number of fused-ring (bicyclic) bond motifs is 1. The van der Waals surface area contributed by atoms with Gasteiger partial charge in [-0.3, -0.25) is 4.79 Å². The lowest BCUT2D eigenvalue weighted by atomic mass is 9.87. The summed E-state index contributed by atoms with van der Waals surface area (Å²) >= 11 is 0. The Kier molecular flexibility index (Phi) is 4.20. The van der Waals surface area contributed by atoms with Gasteiger partial charge in [-0.05, 0) is 18.2 Å². The number of benzene rings is 1. The normalized spacial score (nSPS) is 11.6. The van der Waals surface area contributed by atoms with Crippen LogP contribution in [0.5, 0.6) is 11.5 Å². The van der Waals surface area contributed by atoms with Crippen LogP contribution >= 0.6 is 0 Å². The van der Waals surface area contributed by atoms with Crippen LogP contribution in [0.3, 0.4) is 0 Å². The van der Waals surface area contributed by atoms with Gasteiger partial charge in [0.05, 0.1) is 31.7 Å². The molecule has 0 saturated carbocycles. The fourth-order valence-corrected chi connectivity index (χ4v) is 2.60. The number of nitrogens with zero attached hydrogens (tertiary/aromatic N) is 2. The van der Waals surface area contributed by atoms with E-state index in [9.17, 15) is 4.79 Å². The van der Waals surface area contributed by atoms with Gasteiger partial charge in [-0.25, -0.2) is 9.97 Å². The van der Waals surface area contributed by atoms with Crippen LogP contribution in [0, 0.1) is 5.41 Å². The van der Waals surface area contributed by atoms with Gasteiger partial charge in [0, 0.05) is 17.2 Å². The molecule has 6 nitrogen and oxygen atoms in total. The predicted octanol–water partition coefficient (Wildman–Crippen LogP) is 3.87. The van der Waals surface area contributed by atoms with E-state index < -0.39 is 5.41 Å². The summed E-state index contributed by atoms with van der Waals surface area (Å²) in [6, 6.07) is 5.54. The monoisotopic (exact) mass is 339 g/mol. The van der Waals surface area contributed by atoms with Crippen molar-refractivity contribution < 1.29 is 14.3 Å². The Morgan fingerprint density at radius 3 is 2.48 bits per heavy atom. The van der Waals surface area contributed by atoms with Crippen molar-refractivity contribution in [3.8, 4) is 22.8 Å². The van der Waals surface area contributed by atoms with E-state index in [1.807, 2.05) is 39.0 Å². The number of hydrogen-bond donors (Lipinski definition) is 1. The molecule has 2 heterocycles. The molecule has 0 aliphatic heterocycles. The molecule has 2 aromatic heterocycles. The molecule has 0 saturated heterocycles. The van der Waals surface area contributed by atoms with Crippen LogP contribution in [-0.2, 0) is 0 Å². The van der Waals surface area contributed by atoms with E-state index in [0.29, 0.717) is 33.9 Å². The molecule has 0 atom stereocenters. The minimum atomic E-state index is -0.490. The molecule has 0 radical (unpaired) electrons. The van der Waals surface area contributed by atoms with Crippen LogP contribution in [0.25, 0.3) is 22.4 Å². The minimum Gasteiger partial charge on any atom is -0.493 e. The first kappa shape index (κ1) is 17.0. The lowest BCUT2D eigenvalue weighted by Gasteiger charge is -2.15. The lowest BCUT2D eigenvalue weighted by Crippen LogP contribution is -2.20. The van der Waals surface area contributed by atoms with Crippen molar-refractivity contribution in [1.29, 1.82) is 0 Å². The highest BCUT2D eigenvalue weighted by Gasteiger charge is 2.26. The smallest absolute Gasteiger partial charge is 0.171 e. The summed E-state index contributed by atoms with van der Waals surface area (Å²) in [5.41, 5.74) is 2.73. The predicted molar refractivity (Wildman–Crippen MR) is 96.2 cm³/mol. The quantitative estimate of drug-likeness (QED) is 0.730. The van der Waals surface area contributed by atoms with Gasteiger partial charge in [0.25, 0.3) is 0 Å². The molecule has 0 aliphatic carbocycles. The Morgan fingerprint density at radius 2 is 1.84 bits per heavy atom. The molecule has 0 spiro atoms. The largest absolute Gasteiger partial charge is 0.493 e. The summed E-state index contributed by atoms with van der Waals surface area (Å²) in [7, 11) is 3.18. The molecule has 130 valence electrons. The maximum atomic E-state index is 12.6. The molecule has 6 heteroatoms. The number of rotatable bonds is 4. The van der Waals surface area contributed by atoms with Crippen LogP contribution < -0.4 is 9.47 Å². The average molecular weight is 339 g/mol. The number of carbonyl (C=O) groups is 1. The number of hydrogen-bond acceptors (Lipinski definition) is 5. The number of aromatic amines is 1. The zero-order valence-electron chi connectivity index (χ0n) is 15.0. The van der Waals surface area contributed by atoms with Gasteiger partial charge in [-0.2, -0.15) is 0 Å². The maximum Gasteiger partial charge on any atom is 0.171 e. The summed E-state index contributed by atoms with van der Waals surface area (Å²) in [4.78, 5) is 24.7. The van der Waals surface area contributed by atoms with Gasteiger partial charge < -0.3 is 14.5 Å². The van der Waals surface area contributed by atoms with Crippen molar-refractivity contribution in [1.82, 2.24) is 15.0 Å². The highest BCUT2D eigenvalue weighted by atomic mass is 16.5. The van der Waals surface area contributed by atoms with Crippen LogP contribution in [-0.4, -0.2) is 35.0 Å². The van der Waals surface area contributed by atoms with Crippen molar-refractivity contribution in [2.75, 3.05) is 14.2 Å². The fourth-order valence-electron chi connectivity index (χ4n) is 2.60. The number of carbonyl (C=O) groups excluding carboxylic acids is 1. The first-order chi connectivity index (χ1) is 11.8. The van der Waals surface area contributed by atoms with E-state index in [2.05, 4.69) is 15.0 Å². The lowest BCUT2D eigenvalue weighted by molar-refractivity contribution is 0.0860. The van der Waals surface area contributed by atoms with Gasteiger partial charge in [0.15, 0.2) is 22.9 Å². The summed E-state index contributed by atoms with van der Waals surface area (Å²) in [5.74, 6) is 1.28. The van der Waals surface area contributed by atoms with Gasteiger partial charge in [0.2, 0.25) is 0 Å². The number of ether oxygens (including phenoxy) is 2. The highest BCUT2D eigenvalue weighted by molar-refractivity contribution is 6.08. The molecule has 3 aromatic rings. The van der Waals surface area contributed by atoms with Crippen molar-refractivity contribution in [2.24, 2.45) is 5.41 Å². The Hall–Kier alpha value is -2.89. The third-order valence-corrected chi connectivity index (χ3v) is 3.99. The van der Waals surface area contributed by atoms with E-state index in [-0.39, 0.29) is 5.78 Å². The molecule has 0 amide bonds. The Bertz CT molecular complexity index is 939. The van der Waals surface area contributed by atoms with Gasteiger partial charge in [0.1, 0.15) is 5.52 Å². The molecule has 0 bridgehead atoms. The number of ketones is 1. The third-order valence-electron chi connectivity index (χ3n) is 3.99.